The van der Waals surface area contributed by atoms with E-state index in [-0.39, 0.29) is 18.9 Å². The van der Waals surface area contributed by atoms with Gasteiger partial charge in [-0.1, -0.05) is 158 Å². The highest BCUT2D eigenvalue weighted by atomic mass is 16.7. The average Bonchev–Trinajstić information content (AvgIpc) is 3.30. The van der Waals surface area contributed by atoms with Crippen LogP contribution in [0, 0.1) is 0 Å². The molecule has 0 aromatic rings. The van der Waals surface area contributed by atoms with Gasteiger partial charge in [0.25, 0.3) is 0 Å². The van der Waals surface area contributed by atoms with Crippen LogP contribution in [0.5, 0.6) is 0 Å². The monoisotopic (exact) mass is 924 g/mol. The van der Waals surface area contributed by atoms with E-state index in [1.165, 1.54) is 51.4 Å². The zero-order valence-electron chi connectivity index (χ0n) is 39.7. The number of nitrogens with one attached hydrogen (secondary N) is 1. The van der Waals surface area contributed by atoms with Crippen LogP contribution in [0.4, 0.5) is 0 Å². The van der Waals surface area contributed by atoms with Crippen molar-refractivity contribution in [2.24, 2.45) is 0 Å². The topological polar surface area (TPSA) is 228 Å². The van der Waals surface area contributed by atoms with Crippen LogP contribution >= 0.6 is 0 Å². The second kappa shape index (κ2) is 37.6. The summed E-state index contributed by atoms with van der Waals surface area (Å²) in [4.78, 5) is 13.1. The molecule has 2 heterocycles. The summed E-state index contributed by atoms with van der Waals surface area (Å²) in [6.45, 7) is 2.56. The van der Waals surface area contributed by atoms with Gasteiger partial charge in [0.1, 0.15) is 48.8 Å². The molecule has 14 nitrogen and oxygen atoms in total. The Bertz CT molecular complexity index is 1320. The molecular weight excluding hydrogens is 835 g/mol. The standard InChI is InChI=1S/C51H89NO13/c1-3-5-7-9-11-12-13-14-15-16-17-18-19-20-21-22-23-24-25-26-27-28-29-31-33-35-43(56)52-39(40(55)34-32-30-10-8-6-4-2)38-62-50-48(61)46(59)49(42(37-54)64-50)65-51-47(60)45(58)44(57)41(36-53)63-51/h5,7,11-12,14-15,17-18,32,34,39-42,44-51,53-55,57-61H,3-4,6,8-10,13,16,19-31,33,35-38H2,1-2H3,(H,52,56)/b7-5-,12-11-,15-14-,18-17-,34-32+. The first-order chi connectivity index (χ1) is 31.6. The number of aliphatic hydroxyl groups excluding tert-OH is 8. The molecule has 2 aliphatic rings. The van der Waals surface area contributed by atoms with Crippen LogP contribution in [0.2, 0.25) is 0 Å². The van der Waals surface area contributed by atoms with Crippen LogP contribution in [-0.2, 0) is 23.7 Å². The zero-order valence-corrected chi connectivity index (χ0v) is 39.7. The first-order valence-electron chi connectivity index (χ1n) is 25.0. The highest BCUT2D eigenvalue weighted by molar-refractivity contribution is 5.76. The van der Waals surface area contributed by atoms with E-state index >= 15 is 0 Å². The van der Waals surface area contributed by atoms with Gasteiger partial charge in [-0.2, -0.15) is 0 Å². The maximum absolute atomic E-state index is 13.1. The van der Waals surface area contributed by atoms with Crippen molar-refractivity contribution in [3.05, 3.63) is 60.8 Å². The lowest BCUT2D eigenvalue weighted by molar-refractivity contribution is -0.359. The lowest BCUT2D eigenvalue weighted by Crippen LogP contribution is -2.65. The number of unbranched alkanes of at least 4 members (excludes halogenated alkanes) is 16. The third kappa shape index (κ3) is 25.0. The molecule has 9 N–H and O–H groups in total. The Labute approximate surface area is 390 Å². The maximum atomic E-state index is 13.1. The quantitative estimate of drug-likeness (QED) is 0.0248. The van der Waals surface area contributed by atoms with Gasteiger partial charge in [0.05, 0.1) is 32.0 Å². The molecule has 12 atom stereocenters. The SMILES string of the molecule is CC/C=C\C/C=C\C/C=C\C/C=C\CCCCCCCCCCCCCCC(=O)NC(COC1OC(CO)C(OC2OC(CO)C(O)C(O)C2O)C(O)C1O)C(O)/C=C/CCCCCC. The molecule has 0 spiro atoms. The number of aliphatic hydroxyl groups is 8. The van der Waals surface area contributed by atoms with Crippen LogP contribution in [0.3, 0.4) is 0 Å². The van der Waals surface area contributed by atoms with E-state index in [9.17, 15) is 45.6 Å². The molecule has 65 heavy (non-hydrogen) atoms. The highest BCUT2D eigenvalue weighted by Crippen LogP contribution is 2.30. The average molecular weight is 924 g/mol. The Hall–Kier alpha value is -2.31. The van der Waals surface area contributed by atoms with Gasteiger partial charge >= 0.3 is 0 Å². The van der Waals surface area contributed by atoms with Crippen LogP contribution in [0.25, 0.3) is 0 Å². The number of hydrogen-bond donors (Lipinski definition) is 9. The van der Waals surface area contributed by atoms with Gasteiger partial charge in [-0.25, -0.2) is 0 Å². The third-order valence-corrected chi connectivity index (χ3v) is 12.0. The molecule has 0 bridgehead atoms. The predicted octanol–water partition coefficient (Wildman–Crippen LogP) is 6.27. The summed E-state index contributed by atoms with van der Waals surface area (Å²) in [5, 5.41) is 86.3. The molecule has 2 aliphatic heterocycles. The molecule has 2 fully saturated rings. The largest absolute Gasteiger partial charge is 0.394 e. The summed E-state index contributed by atoms with van der Waals surface area (Å²) in [5.74, 6) is -0.251. The predicted molar refractivity (Wildman–Crippen MR) is 254 cm³/mol. The summed E-state index contributed by atoms with van der Waals surface area (Å²) in [6, 6.07) is -0.913. The van der Waals surface area contributed by atoms with E-state index in [2.05, 4.69) is 67.8 Å². The number of hydrogen-bond acceptors (Lipinski definition) is 13. The molecule has 0 aliphatic carbocycles. The van der Waals surface area contributed by atoms with Gasteiger partial charge in [-0.15, -0.1) is 0 Å². The van der Waals surface area contributed by atoms with Crippen molar-refractivity contribution in [3.8, 4) is 0 Å². The van der Waals surface area contributed by atoms with Gasteiger partial charge in [0, 0.05) is 6.42 Å². The molecule has 12 unspecified atom stereocenters. The van der Waals surface area contributed by atoms with Crippen molar-refractivity contribution >= 4 is 5.91 Å². The van der Waals surface area contributed by atoms with E-state index in [1.54, 1.807) is 6.08 Å². The van der Waals surface area contributed by atoms with E-state index in [1.807, 2.05) is 6.08 Å². The Morgan fingerprint density at radius 3 is 1.63 bits per heavy atom. The molecule has 0 saturated carbocycles. The van der Waals surface area contributed by atoms with Gasteiger partial charge in [0.2, 0.25) is 5.91 Å². The fraction of sp³-hybridized carbons (Fsp3) is 0.784. The van der Waals surface area contributed by atoms with E-state index in [4.69, 9.17) is 18.9 Å². The van der Waals surface area contributed by atoms with Crippen LogP contribution in [0.1, 0.15) is 162 Å². The van der Waals surface area contributed by atoms with Crippen molar-refractivity contribution in [2.75, 3.05) is 19.8 Å². The van der Waals surface area contributed by atoms with E-state index in [0.717, 1.165) is 83.5 Å². The van der Waals surface area contributed by atoms with Gasteiger partial charge < -0.3 is 65.1 Å². The van der Waals surface area contributed by atoms with Gasteiger partial charge in [0.15, 0.2) is 12.6 Å². The minimum Gasteiger partial charge on any atom is -0.394 e. The molecule has 0 radical (unpaired) electrons. The molecule has 0 aromatic heterocycles. The summed E-state index contributed by atoms with van der Waals surface area (Å²) < 4.78 is 22.6. The Kier molecular flexibility index (Phi) is 34.1. The van der Waals surface area contributed by atoms with E-state index < -0.39 is 86.8 Å². The minimum absolute atomic E-state index is 0.251. The van der Waals surface area contributed by atoms with Crippen LogP contribution < -0.4 is 5.32 Å². The van der Waals surface area contributed by atoms with E-state index in [0.29, 0.717) is 6.42 Å². The Balaban J connectivity index is 1.69. The smallest absolute Gasteiger partial charge is 0.220 e. The maximum Gasteiger partial charge on any atom is 0.220 e. The Morgan fingerprint density at radius 2 is 1.06 bits per heavy atom. The summed E-state index contributed by atoms with van der Waals surface area (Å²) >= 11 is 0. The number of ether oxygens (including phenoxy) is 4. The molecule has 376 valence electrons. The summed E-state index contributed by atoms with van der Waals surface area (Å²) in [6.07, 6.45) is 28.9. The van der Waals surface area contributed by atoms with Gasteiger partial charge in [-0.3, -0.25) is 4.79 Å². The van der Waals surface area contributed by atoms with Crippen molar-refractivity contribution in [1.29, 1.82) is 0 Å². The number of amides is 1. The zero-order chi connectivity index (χ0) is 47.5. The third-order valence-electron chi connectivity index (χ3n) is 12.0. The summed E-state index contributed by atoms with van der Waals surface area (Å²) in [7, 11) is 0. The number of carbonyl (C=O) groups excluding carboxylic acids is 1. The minimum atomic E-state index is -1.79. The lowest BCUT2D eigenvalue weighted by Gasteiger charge is -2.46. The number of carbonyl (C=O) groups is 1. The van der Waals surface area contributed by atoms with Crippen LogP contribution in [0.15, 0.2) is 60.8 Å². The fourth-order valence-corrected chi connectivity index (χ4v) is 7.87. The number of allylic oxidation sites excluding steroid dienone is 9. The van der Waals surface area contributed by atoms with Crippen molar-refractivity contribution < 1.29 is 64.6 Å². The van der Waals surface area contributed by atoms with Gasteiger partial charge in [-0.05, 0) is 57.8 Å². The normalized spacial score (nSPS) is 27.5. The molecule has 14 heteroatoms. The molecule has 2 saturated heterocycles. The van der Waals surface area contributed by atoms with Crippen molar-refractivity contribution in [1.82, 2.24) is 5.32 Å². The first kappa shape index (κ1) is 58.8. The molecule has 0 aromatic carbocycles. The second-order valence-corrected chi connectivity index (χ2v) is 17.6. The molecular formula is C51H89NO13. The molecule has 1 amide bonds. The van der Waals surface area contributed by atoms with Crippen molar-refractivity contribution in [3.63, 3.8) is 0 Å². The highest BCUT2D eigenvalue weighted by Gasteiger charge is 2.51. The van der Waals surface area contributed by atoms with Crippen LogP contribution in [-0.4, -0.2) is 140 Å². The number of rotatable bonds is 37. The first-order valence-corrected chi connectivity index (χ1v) is 25.0. The van der Waals surface area contributed by atoms with Crippen molar-refractivity contribution in [2.45, 2.75) is 235 Å². The second-order valence-electron chi connectivity index (χ2n) is 17.6. The lowest BCUT2D eigenvalue weighted by atomic mass is 9.97. The summed E-state index contributed by atoms with van der Waals surface area (Å²) in [5.41, 5.74) is 0. The molecule has 2 rings (SSSR count). The fourth-order valence-electron chi connectivity index (χ4n) is 7.87. The Morgan fingerprint density at radius 1 is 0.569 bits per heavy atom.